The highest BCUT2D eigenvalue weighted by atomic mass is 14.2. The number of fused-ring (bicyclic) bond motifs is 3. The van der Waals surface area contributed by atoms with Crippen molar-refractivity contribution < 1.29 is 0 Å². The van der Waals surface area contributed by atoms with Crippen LogP contribution in [0.3, 0.4) is 0 Å². The molecule has 0 aliphatic heterocycles. The van der Waals surface area contributed by atoms with Gasteiger partial charge in [-0.25, -0.2) is 0 Å². The van der Waals surface area contributed by atoms with Crippen LogP contribution >= 0.6 is 0 Å². The van der Waals surface area contributed by atoms with Gasteiger partial charge in [0.2, 0.25) is 0 Å². The molecule has 0 amide bonds. The summed E-state index contributed by atoms with van der Waals surface area (Å²) in [4.78, 5) is 0. The molecule has 0 heteroatoms. The van der Waals surface area contributed by atoms with Crippen molar-refractivity contribution in [2.75, 3.05) is 0 Å². The van der Waals surface area contributed by atoms with Crippen LogP contribution in [0, 0.1) is 13.8 Å². The first kappa shape index (κ1) is 47.5. The van der Waals surface area contributed by atoms with Gasteiger partial charge in [-0.1, -0.05) is 249 Å². The normalized spacial score (nSPS) is 11.5. The van der Waals surface area contributed by atoms with Crippen LogP contribution < -0.4 is 0 Å². The molecule has 0 spiro atoms. The molecular weight excluding hydrogens is 757 g/mol. The van der Waals surface area contributed by atoms with Crippen LogP contribution in [0.2, 0.25) is 0 Å². The first-order valence-corrected chi connectivity index (χ1v) is 22.3. The molecule has 9 aromatic carbocycles. The largest absolute Gasteiger partial charge is 0.0776 e. The highest BCUT2D eigenvalue weighted by molar-refractivity contribution is 6.16. The van der Waals surface area contributed by atoms with Gasteiger partial charge in [0.05, 0.1) is 0 Å². The number of hydrogen-bond acceptors (Lipinski definition) is 0. The predicted octanol–water partition coefficient (Wildman–Crippen LogP) is 19.1. The van der Waals surface area contributed by atoms with Crippen molar-refractivity contribution in [3.05, 3.63) is 228 Å². The second-order valence-electron chi connectivity index (χ2n) is 16.2. The van der Waals surface area contributed by atoms with E-state index in [0.717, 1.165) is 12.8 Å². The Morgan fingerprint density at radius 3 is 1.44 bits per heavy atom. The zero-order valence-electron chi connectivity index (χ0n) is 37.1. The van der Waals surface area contributed by atoms with Crippen molar-refractivity contribution in [1.29, 1.82) is 0 Å². The average Bonchev–Trinajstić information content (AvgIpc) is 3.33. The molecular formula is C63H68. The predicted molar refractivity (Wildman–Crippen MR) is 281 cm³/mol. The van der Waals surface area contributed by atoms with Crippen LogP contribution in [0.25, 0.3) is 66.1 Å². The summed E-state index contributed by atoms with van der Waals surface area (Å²) in [5.74, 6) is 1.00. The first-order chi connectivity index (χ1) is 29.9. The first-order valence-electron chi connectivity index (χ1n) is 22.3. The van der Waals surface area contributed by atoms with Gasteiger partial charge in [-0.05, 0) is 133 Å². The summed E-state index contributed by atoms with van der Waals surface area (Å²) in [6.07, 6.45) is 2.20. The third-order valence-corrected chi connectivity index (χ3v) is 12.2. The SMILES string of the molecule is C.C.CC.CC(Cc1ccccc1)c1cccc(-c2ccccc2)c1.CCC(C)c1ccc(-c2ccc(-c3ccc(C)cc3)cc2)cc1-c1c(C)c2ccccc2c2ccccc12. The Labute approximate surface area is 380 Å². The van der Waals surface area contributed by atoms with Crippen LogP contribution in [0.4, 0.5) is 0 Å². The summed E-state index contributed by atoms with van der Waals surface area (Å²) in [5.41, 5.74) is 17.2. The lowest BCUT2D eigenvalue weighted by Gasteiger charge is -2.21. The van der Waals surface area contributed by atoms with Crippen LogP contribution in [-0.4, -0.2) is 0 Å². The molecule has 2 atom stereocenters. The van der Waals surface area contributed by atoms with Crippen molar-refractivity contribution in [2.24, 2.45) is 0 Å². The van der Waals surface area contributed by atoms with E-state index >= 15 is 0 Å². The smallest absolute Gasteiger partial charge is 0.00666 e. The van der Waals surface area contributed by atoms with Crippen LogP contribution in [0.1, 0.15) is 95.5 Å². The second-order valence-corrected chi connectivity index (χ2v) is 16.2. The van der Waals surface area contributed by atoms with E-state index in [1.54, 1.807) is 0 Å². The van der Waals surface area contributed by atoms with Crippen molar-refractivity contribution in [2.45, 2.75) is 88.0 Å². The van der Waals surface area contributed by atoms with Gasteiger partial charge in [-0.3, -0.25) is 0 Å². The number of aryl methyl sites for hydroxylation is 2. The van der Waals surface area contributed by atoms with Gasteiger partial charge in [0.25, 0.3) is 0 Å². The number of rotatable bonds is 9. The van der Waals surface area contributed by atoms with Crippen LogP contribution in [0.15, 0.2) is 200 Å². The minimum atomic E-state index is 0. The minimum absolute atomic E-state index is 0. The van der Waals surface area contributed by atoms with Gasteiger partial charge in [0.15, 0.2) is 0 Å². The molecule has 0 N–H and O–H groups in total. The Bertz CT molecular complexity index is 2790. The maximum atomic E-state index is 2.44. The van der Waals surface area contributed by atoms with E-state index in [0.29, 0.717) is 11.8 Å². The molecule has 0 saturated carbocycles. The molecule has 2 unspecified atom stereocenters. The molecule has 63 heavy (non-hydrogen) atoms. The van der Waals surface area contributed by atoms with E-state index in [-0.39, 0.29) is 14.9 Å². The van der Waals surface area contributed by atoms with Gasteiger partial charge in [-0.2, -0.15) is 0 Å². The highest BCUT2D eigenvalue weighted by Gasteiger charge is 2.19. The molecule has 0 aliphatic carbocycles. The fourth-order valence-electron chi connectivity index (χ4n) is 8.61. The Hall–Kier alpha value is -6.50. The molecule has 0 radical (unpaired) electrons. The van der Waals surface area contributed by atoms with Crippen molar-refractivity contribution in [3.8, 4) is 44.5 Å². The molecule has 0 heterocycles. The van der Waals surface area contributed by atoms with Crippen molar-refractivity contribution in [1.82, 2.24) is 0 Å². The fraction of sp³-hybridized carbons (Fsp3) is 0.206. The van der Waals surface area contributed by atoms with E-state index in [1.165, 1.54) is 93.9 Å². The third kappa shape index (κ3) is 10.9. The molecule has 9 aromatic rings. The molecule has 320 valence electrons. The highest BCUT2D eigenvalue weighted by Crippen LogP contribution is 2.43. The maximum absolute atomic E-state index is 2.44. The Morgan fingerprint density at radius 2 is 0.841 bits per heavy atom. The lowest BCUT2D eigenvalue weighted by atomic mass is 9.82. The lowest BCUT2D eigenvalue weighted by Crippen LogP contribution is -1.99. The Balaban J connectivity index is 0.000000255. The summed E-state index contributed by atoms with van der Waals surface area (Å²) in [6.45, 7) is 15.4. The monoisotopic (exact) mass is 825 g/mol. The summed E-state index contributed by atoms with van der Waals surface area (Å²) in [5, 5.41) is 5.33. The molecule has 0 nitrogen and oxygen atoms in total. The van der Waals surface area contributed by atoms with Gasteiger partial charge >= 0.3 is 0 Å². The number of hydrogen-bond donors (Lipinski definition) is 0. The molecule has 0 saturated heterocycles. The van der Waals surface area contributed by atoms with Gasteiger partial charge in [-0.15, -0.1) is 0 Å². The maximum Gasteiger partial charge on any atom is -0.00666 e. The summed E-state index contributed by atoms with van der Waals surface area (Å²) < 4.78 is 0. The van der Waals surface area contributed by atoms with Crippen molar-refractivity contribution in [3.63, 3.8) is 0 Å². The summed E-state index contributed by atoms with van der Waals surface area (Å²) >= 11 is 0. The van der Waals surface area contributed by atoms with E-state index in [9.17, 15) is 0 Å². The third-order valence-electron chi connectivity index (χ3n) is 12.2. The van der Waals surface area contributed by atoms with E-state index in [4.69, 9.17) is 0 Å². The quantitative estimate of drug-likeness (QED) is 0.127. The standard InChI is InChI=1S/C38H34.C21H20.C2H6.2CH4/c1-5-26(3)32-23-22-31(30-20-18-29(19-21-30)28-16-14-25(2)15-17-28)24-37(32)38-27(4)33-10-6-7-11-34(33)35-12-8-9-13-36(35)38;1-17(15-18-9-4-2-5-10-18)20-13-8-14-21(16-20)19-11-6-3-7-12-19;1-2;;/h6-24,26H,5H2,1-4H3;2-14,16-17H,15H2,1H3;1-2H3;2*1H4. The zero-order chi connectivity index (χ0) is 42.7. The lowest BCUT2D eigenvalue weighted by molar-refractivity contribution is 0.735. The van der Waals surface area contributed by atoms with Crippen molar-refractivity contribution >= 4 is 21.5 Å². The summed E-state index contributed by atoms with van der Waals surface area (Å²) in [7, 11) is 0. The van der Waals surface area contributed by atoms with Gasteiger partial charge < -0.3 is 0 Å². The fourth-order valence-corrected chi connectivity index (χ4v) is 8.61. The van der Waals surface area contributed by atoms with Gasteiger partial charge in [0.1, 0.15) is 0 Å². The van der Waals surface area contributed by atoms with Crippen LogP contribution in [0.5, 0.6) is 0 Å². The molecule has 0 fully saturated rings. The molecule has 0 aliphatic rings. The zero-order valence-corrected chi connectivity index (χ0v) is 37.1. The molecule has 0 aromatic heterocycles. The van der Waals surface area contributed by atoms with Crippen LogP contribution in [-0.2, 0) is 6.42 Å². The Kier molecular flexibility index (Phi) is 17.0. The number of benzene rings is 9. The molecule has 9 rings (SSSR count). The minimum Gasteiger partial charge on any atom is -0.0776 e. The average molecular weight is 825 g/mol. The molecule has 0 bridgehead atoms. The van der Waals surface area contributed by atoms with Gasteiger partial charge in [0, 0.05) is 0 Å². The second kappa shape index (κ2) is 22.6. The summed E-state index contributed by atoms with van der Waals surface area (Å²) in [6, 6.07) is 72.9. The van der Waals surface area contributed by atoms with E-state index in [2.05, 4.69) is 235 Å². The topological polar surface area (TPSA) is 0 Å². The van der Waals surface area contributed by atoms with E-state index < -0.39 is 0 Å². The Morgan fingerprint density at radius 1 is 0.397 bits per heavy atom. The van der Waals surface area contributed by atoms with E-state index in [1.807, 2.05) is 13.8 Å².